The Bertz CT molecular complexity index is 570. The van der Waals surface area contributed by atoms with Gasteiger partial charge in [0.15, 0.2) is 0 Å². The van der Waals surface area contributed by atoms with E-state index in [0.717, 1.165) is 5.56 Å². The van der Waals surface area contributed by atoms with Gasteiger partial charge in [0.25, 0.3) is 5.91 Å². The molecule has 0 spiro atoms. The summed E-state index contributed by atoms with van der Waals surface area (Å²) in [5, 5.41) is 8.74. The second-order valence-electron chi connectivity index (χ2n) is 4.12. The highest BCUT2D eigenvalue weighted by Crippen LogP contribution is 2.15. The van der Waals surface area contributed by atoms with Crippen LogP contribution in [0.3, 0.4) is 0 Å². The molecule has 0 atom stereocenters. The van der Waals surface area contributed by atoms with Crippen molar-refractivity contribution in [1.82, 2.24) is 4.90 Å². The molecule has 2 heterocycles. The lowest BCUT2D eigenvalue weighted by molar-refractivity contribution is -0.136. The highest BCUT2D eigenvalue weighted by molar-refractivity contribution is 5.95. The Labute approximate surface area is 109 Å². The number of carbonyl (C=O) groups excluding carboxylic acids is 1. The van der Waals surface area contributed by atoms with Crippen LogP contribution >= 0.6 is 0 Å². The molecule has 1 N–H and O–H groups in total. The van der Waals surface area contributed by atoms with E-state index in [-0.39, 0.29) is 23.7 Å². The molecule has 0 aliphatic rings. The first kappa shape index (κ1) is 12.9. The van der Waals surface area contributed by atoms with Crippen LogP contribution in [0.4, 0.5) is 0 Å². The van der Waals surface area contributed by atoms with Crippen molar-refractivity contribution in [3.8, 4) is 0 Å². The van der Waals surface area contributed by atoms with E-state index in [1.807, 2.05) is 0 Å². The van der Waals surface area contributed by atoms with Gasteiger partial charge in [-0.2, -0.15) is 0 Å². The molecule has 0 aliphatic heterocycles. The number of rotatable bonds is 5. The molecule has 6 heteroatoms. The average Bonchev–Trinajstić information content (AvgIpc) is 2.98. The van der Waals surface area contributed by atoms with Crippen LogP contribution in [0.15, 0.2) is 39.8 Å². The molecule has 0 fully saturated rings. The normalized spacial score (nSPS) is 10.4. The zero-order chi connectivity index (χ0) is 13.8. The molecule has 0 unspecified atom stereocenters. The second kappa shape index (κ2) is 5.43. The summed E-state index contributed by atoms with van der Waals surface area (Å²) in [5.74, 6) is -1.16. The van der Waals surface area contributed by atoms with Crippen LogP contribution in [0.25, 0.3) is 0 Å². The molecular formula is C13H13NO5. The molecule has 2 aromatic heterocycles. The van der Waals surface area contributed by atoms with Crippen LogP contribution < -0.4 is 0 Å². The van der Waals surface area contributed by atoms with Crippen molar-refractivity contribution in [2.75, 3.05) is 7.05 Å². The molecule has 2 rings (SSSR count). The van der Waals surface area contributed by atoms with E-state index in [9.17, 15) is 9.59 Å². The number of furan rings is 2. The largest absolute Gasteiger partial charge is 0.481 e. The van der Waals surface area contributed by atoms with Gasteiger partial charge in [-0.3, -0.25) is 9.59 Å². The van der Waals surface area contributed by atoms with Crippen LogP contribution in [-0.2, 0) is 17.8 Å². The molecule has 0 bridgehead atoms. The maximum atomic E-state index is 12.2. The van der Waals surface area contributed by atoms with Crippen LogP contribution in [0.1, 0.15) is 21.7 Å². The molecule has 0 saturated heterocycles. The molecule has 6 nitrogen and oxygen atoms in total. The lowest BCUT2D eigenvalue weighted by atomic mass is 10.1. The van der Waals surface area contributed by atoms with Crippen molar-refractivity contribution < 1.29 is 23.5 Å². The van der Waals surface area contributed by atoms with Gasteiger partial charge in [-0.1, -0.05) is 0 Å². The SMILES string of the molecule is CN(Cc1ccoc1)C(=O)c1ccoc1CC(=O)O. The number of carboxylic acid groups (broad SMARTS) is 1. The number of aliphatic carboxylic acids is 1. The predicted octanol–water partition coefficient (Wildman–Crippen LogP) is 1.77. The highest BCUT2D eigenvalue weighted by atomic mass is 16.4. The van der Waals surface area contributed by atoms with Gasteiger partial charge in [0.05, 0.1) is 24.4 Å². The summed E-state index contributed by atoms with van der Waals surface area (Å²) in [6.45, 7) is 0.382. The standard InChI is InChI=1S/C13H13NO5/c1-14(7-9-2-4-18-8-9)13(17)10-3-5-19-11(10)6-12(15)16/h2-5,8H,6-7H2,1H3,(H,15,16). The topological polar surface area (TPSA) is 83.9 Å². The maximum absolute atomic E-state index is 12.2. The number of carboxylic acids is 1. The summed E-state index contributed by atoms with van der Waals surface area (Å²) in [7, 11) is 1.63. The summed E-state index contributed by atoms with van der Waals surface area (Å²) >= 11 is 0. The minimum absolute atomic E-state index is 0.163. The third kappa shape index (κ3) is 3.04. The van der Waals surface area contributed by atoms with Crippen molar-refractivity contribution in [3.05, 3.63) is 47.8 Å². The minimum Gasteiger partial charge on any atom is -0.481 e. The molecule has 100 valence electrons. The van der Waals surface area contributed by atoms with Crippen molar-refractivity contribution in [3.63, 3.8) is 0 Å². The first-order valence-electron chi connectivity index (χ1n) is 5.62. The van der Waals surface area contributed by atoms with Gasteiger partial charge in [-0.25, -0.2) is 0 Å². The third-order valence-corrected chi connectivity index (χ3v) is 2.63. The van der Waals surface area contributed by atoms with Crippen LogP contribution in [0, 0.1) is 0 Å². The fourth-order valence-electron chi connectivity index (χ4n) is 1.74. The number of nitrogens with zero attached hydrogens (tertiary/aromatic N) is 1. The Morgan fingerprint density at radius 1 is 1.32 bits per heavy atom. The molecule has 19 heavy (non-hydrogen) atoms. The Morgan fingerprint density at radius 2 is 2.11 bits per heavy atom. The summed E-state index contributed by atoms with van der Waals surface area (Å²) in [4.78, 5) is 24.3. The fourth-order valence-corrected chi connectivity index (χ4v) is 1.74. The van der Waals surface area contributed by atoms with Gasteiger partial charge in [0, 0.05) is 19.2 Å². The average molecular weight is 263 g/mol. The van der Waals surface area contributed by atoms with Crippen molar-refractivity contribution in [2.24, 2.45) is 0 Å². The minimum atomic E-state index is -1.04. The third-order valence-electron chi connectivity index (χ3n) is 2.63. The molecule has 0 radical (unpaired) electrons. The quantitative estimate of drug-likeness (QED) is 0.888. The van der Waals surface area contributed by atoms with Crippen LogP contribution in [0.2, 0.25) is 0 Å². The molecular weight excluding hydrogens is 250 g/mol. The van der Waals surface area contributed by atoms with Crippen molar-refractivity contribution >= 4 is 11.9 Å². The number of hydrogen-bond donors (Lipinski definition) is 1. The molecule has 0 saturated carbocycles. The number of carbonyl (C=O) groups is 2. The summed E-state index contributed by atoms with van der Waals surface area (Å²) in [6.07, 6.45) is 4.09. The van der Waals surface area contributed by atoms with E-state index >= 15 is 0 Å². The molecule has 2 aromatic rings. The maximum Gasteiger partial charge on any atom is 0.311 e. The van der Waals surface area contributed by atoms with Gasteiger partial charge >= 0.3 is 5.97 Å². The zero-order valence-electron chi connectivity index (χ0n) is 10.3. The van der Waals surface area contributed by atoms with Crippen molar-refractivity contribution in [2.45, 2.75) is 13.0 Å². The zero-order valence-corrected chi connectivity index (χ0v) is 10.3. The van der Waals surface area contributed by atoms with E-state index in [2.05, 4.69) is 0 Å². The first-order valence-corrected chi connectivity index (χ1v) is 5.62. The fraction of sp³-hybridized carbons (Fsp3) is 0.231. The van der Waals surface area contributed by atoms with E-state index in [0.29, 0.717) is 6.54 Å². The summed E-state index contributed by atoms with van der Waals surface area (Å²) in [6, 6.07) is 3.24. The monoisotopic (exact) mass is 263 g/mol. The van der Waals surface area contributed by atoms with Crippen LogP contribution in [0.5, 0.6) is 0 Å². The Hall–Kier alpha value is -2.50. The molecule has 1 amide bonds. The molecule has 0 aliphatic carbocycles. The lowest BCUT2D eigenvalue weighted by Gasteiger charge is -2.15. The van der Waals surface area contributed by atoms with Gasteiger partial charge in [0.1, 0.15) is 12.2 Å². The van der Waals surface area contributed by atoms with Gasteiger partial charge in [0.2, 0.25) is 0 Å². The highest BCUT2D eigenvalue weighted by Gasteiger charge is 2.20. The van der Waals surface area contributed by atoms with Gasteiger partial charge in [-0.15, -0.1) is 0 Å². The Morgan fingerprint density at radius 3 is 2.74 bits per heavy atom. The Kier molecular flexibility index (Phi) is 3.70. The number of amides is 1. The van der Waals surface area contributed by atoms with Gasteiger partial charge in [-0.05, 0) is 12.1 Å². The second-order valence-corrected chi connectivity index (χ2v) is 4.12. The molecule has 0 aromatic carbocycles. The lowest BCUT2D eigenvalue weighted by Crippen LogP contribution is -2.26. The first-order chi connectivity index (χ1) is 9.08. The summed E-state index contributed by atoms with van der Waals surface area (Å²) < 4.78 is 9.96. The number of hydrogen-bond acceptors (Lipinski definition) is 4. The van der Waals surface area contributed by atoms with Gasteiger partial charge < -0.3 is 18.8 Å². The van der Waals surface area contributed by atoms with E-state index < -0.39 is 5.97 Å². The van der Waals surface area contributed by atoms with E-state index in [1.54, 1.807) is 19.4 Å². The smallest absolute Gasteiger partial charge is 0.311 e. The van der Waals surface area contributed by atoms with Crippen molar-refractivity contribution in [1.29, 1.82) is 0 Å². The Balaban J connectivity index is 2.10. The van der Waals surface area contributed by atoms with Crippen LogP contribution in [-0.4, -0.2) is 28.9 Å². The predicted molar refractivity (Wildman–Crippen MR) is 64.6 cm³/mol. The van der Waals surface area contributed by atoms with E-state index in [4.69, 9.17) is 13.9 Å². The van der Waals surface area contributed by atoms with E-state index in [1.165, 1.54) is 23.5 Å². The summed E-state index contributed by atoms with van der Waals surface area (Å²) in [5.41, 5.74) is 1.13.